The summed E-state index contributed by atoms with van der Waals surface area (Å²) in [6.45, 7) is 14.4. The topological polar surface area (TPSA) is 68.7 Å². The van der Waals surface area contributed by atoms with E-state index in [2.05, 4.69) is 36.8 Å². The van der Waals surface area contributed by atoms with Gasteiger partial charge in [-0.3, -0.25) is 0 Å². The number of imide groups is 1. The smallest absolute Gasteiger partial charge is 0.425 e. The van der Waals surface area contributed by atoms with E-state index in [1.165, 1.54) is 0 Å². The molecule has 1 aromatic carbocycles. The summed E-state index contributed by atoms with van der Waals surface area (Å²) in [7, 11) is 0. The molecular formula is C22H30Br2N2O4. The Balaban J connectivity index is 0.00000218. The number of carbonyl (C=O) groups is 2. The molecule has 30 heavy (non-hydrogen) atoms. The maximum absolute atomic E-state index is 12.9. The zero-order valence-electron chi connectivity index (χ0n) is 18.8. The maximum Gasteiger partial charge on any atom is 0.425 e. The Morgan fingerprint density at radius 1 is 0.967 bits per heavy atom. The van der Waals surface area contributed by atoms with Crippen molar-refractivity contribution >= 4 is 60.6 Å². The number of hydrogen-bond acceptors (Lipinski definition) is 5. The van der Waals surface area contributed by atoms with Crippen molar-refractivity contribution in [1.82, 2.24) is 4.98 Å². The van der Waals surface area contributed by atoms with Gasteiger partial charge in [0, 0.05) is 26.8 Å². The van der Waals surface area contributed by atoms with Gasteiger partial charge in [0.2, 0.25) is 0 Å². The third-order valence-electron chi connectivity index (χ3n) is 3.40. The Morgan fingerprint density at radius 3 is 1.90 bits per heavy atom. The fourth-order valence-corrected chi connectivity index (χ4v) is 3.14. The van der Waals surface area contributed by atoms with Crippen molar-refractivity contribution in [3.05, 3.63) is 34.4 Å². The summed E-state index contributed by atoms with van der Waals surface area (Å²) in [6, 6.07) is 5.68. The van der Waals surface area contributed by atoms with Gasteiger partial charge in [-0.15, -0.1) is 0 Å². The summed E-state index contributed by atoms with van der Waals surface area (Å²) in [5, 5.41) is 2.12. The molecule has 2 aromatic rings. The van der Waals surface area contributed by atoms with Crippen LogP contribution in [0.3, 0.4) is 0 Å². The number of ether oxygens (including phenoxy) is 2. The van der Waals surface area contributed by atoms with Crippen LogP contribution >= 0.6 is 31.9 Å². The highest BCUT2D eigenvalue weighted by molar-refractivity contribution is 9.10. The van der Waals surface area contributed by atoms with E-state index < -0.39 is 23.4 Å². The first-order valence-corrected chi connectivity index (χ1v) is 11.6. The van der Waals surface area contributed by atoms with Gasteiger partial charge < -0.3 is 9.47 Å². The van der Waals surface area contributed by atoms with Gasteiger partial charge in [-0.25, -0.2) is 14.6 Å². The second-order valence-electron chi connectivity index (χ2n) is 8.24. The van der Waals surface area contributed by atoms with E-state index in [1.807, 2.05) is 32.0 Å². The van der Waals surface area contributed by atoms with Crippen LogP contribution in [-0.2, 0) is 14.8 Å². The standard InChI is InChI=1S/C20H24Br2N2O4.C2H6/c1-19(2,3)27-17(25)24(18(26)28-20(4,5)6)16-13-8-7-12(10-21)9-14(13)15(22)11-23-16;1-2/h7-9,11H,10H2,1-6H3;1-2H3. The van der Waals surface area contributed by atoms with E-state index in [-0.39, 0.29) is 5.82 Å². The highest BCUT2D eigenvalue weighted by Crippen LogP contribution is 2.33. The fraction of sp³-hybridized carbons (Fsp3) is 0.500. The molecule has 0 unspecified atom stereocenters. The summed E-state index contributed by atoms with van der Waals surface area (Å²) in [5.41, 5.74) is -0.525. The zero-order valence-corrected chi connectivity index (χ0v) is 22.0. The third-order valence-corrected chi connectivity index (χ3v) is 4.68. The summed E-state index contributed by atoms with van der Waals surface area (Å²) >= 11 is 6.92. The number of carbonyl (C=O) groups excluding carboxylic acids is 2. The van der Waals surface area contributed by atoms with Crippen LogP contribution in [0.2, 0.25) is 0 Å². The highest BCUT2D eigenvalue weighted by Gasteiger charge is 2.34. The van der Waals surface area contributed by atoms with E-state index >= 15 is 0 Å². The molecule has 0 atom stereocenters. The molecule has 0 N–H and O–H groups in total. The predicted molar refractivity (Wildman–Crippen MR) is 128 cm³/mol. The van der Waals surface area contributed by atoms with Crippen LogP contribution in [0.15, 0.2) is 28.9 Å². The largest absolute Gasteiger partial charge is 0.443 e. The molecule has 8 heteroatoms. The normalized spacial score (nSPS) is 11.4. The van der Waals surface area contributed by atoms with Crippen LogP contribution in [0.4, 0.5) is 15.4 Å². The SMILES string of the molecule is CC.CC(C)(C)OC(=O)N(C(=O)OC(C)(C)C)c1ncc(Br)c2cc(CBr)ccc12. The first-order chi connectivity index (χ1) is 13.8. The molecule has 0 radical (unpaired) electrons. The number of alkyl halides is 1. The minimum Gasteiger partial charge on any atom is -0.443 e. The van der Waals surface area contributed by atoms with Crippen LogP contribution in [0.5, 0.6) is 0 Å². The van der Waals surface area contributed by atoms with Crippen molar-refractivity contribution in [1.29, 1.82) is 0 Å². The lowest BCUT2D eigenvalue weighted by atomic mass is 10.1. The second-order valence-corrected chi connectivity index (χ2v) is 9.65. The van der Waals surface area contributed by atoms with Crippen molar-refractivity contribution in [2.45, 2.75) is 71.9 Å². The van der Waals surface area contributed by atoms with Gasteiger partial charge in [-0.05, 0) is 69.1 Å². The molecule has 0 aliphatic carbocycles. The summed E-state index contributed by atoms with van der Waals surface area (Å²) in [5.74, 6) is 0.155. The number of nitrogens with zero attached hydrogens (tertiary/aromatic N) is 2. The Kier molecular flexibility index (Phi) is 9.29. The van der Waals surface area contributed by atoms with Crippen molar-refractivity contribution in [3.8, 4) is 0 Å². The van der Waals surface area contributed by atoms with Crippen LogP contribution < -0.4 is 4.90 Å². The third kappa shape index (κ3) is 7.23. The van der Waals surface area contributed by atoms with E-state index in [4.69, 9.17) is 9.47 Å². The van der Waals surface area contributed by atoms with E-state index in [0.29, 0.717) is 10.7 Å². The van der Waals surface area contributed by atoms with Crippen LogP contribution in [0.25, 0.3) is 10.8 Å². The molecule has 0 saturated carbocycles. The maximum atomic E-state index is 12.9. The van der Waals surface area contributed by atoms with Gasteiger partial charge in [0.05, 0.1) is 0 Å². The van der Waals surface area contributed by atoms with Gasteiger partial charge in [0.1, 0.15) is 11.2 Å². The summed E-state index contributed by atoms with van der Waals surface area (Å²) in [4.78, 5) is 30.9. The average molecular weight is 546 g/mol. The van der Waals surface area contributed by atoms with Gasteiger partial charge in [-0.2, -0.15) is 4.90 Å². The molecule has 6 nitrogen and oxygen atoms in total. The number of amides is 2. The Bertz CT molecular complexity index is 874. The first-order valence-electron chi connectivity index (χ1n) is 9.71. The number of rotatable bonds is 2. The molecule has 0 spiro atoms. The molecule has 0 aliphatic rings. The van der Waals surface area contributed by atoms with E-state index in [1.54, 1.807) is 47.7 Å². The lowest BCUT2D eigenvalue weighted by Crippen LogP contribution is -2.44. The minimum atomic E-state index is -0.845. The molecule has 2 amide bonds. The van der Waals surface area contributed by atoms with Crippen molar-refractivity contribution in [3.63, 3.8) is 0 Å². The Hall–Kier alpha value is -1.67. The highest BCUT2D eigenvalue weighted by atomic mass is 79.9. The minimum absolute atomic E-state index is 0.155. The number of fused-ring (bicyclic) bond motifs is 1. The van der Waals surface area contributed by atoms with Crippen LogP contribution in [0.1, 0.15) is 61.0 Å². The summed E-state index contributed by atoms with van der Waals surface area (Å²) < 4.78 is 11.6. The number of hydrogen-bond donors (Lipinski definition) is 0. The van der Waals surface area contributed by atoms with Crippen LogP contribution in [0, 0.1) is 0 Å². The molecule has 0 fully saturated rings. The number of anilines is 1. The second kappa shape index (κ2) is 10.6. The zero-order chi connectivity index (χ0) is 23.3. The first kappa shape index (κ1) is 26.4. The van der Waals surface area contributed by atoms with Crippen molar-refractivity contribution in [2.75, 3.05) is 4.90 Å². The molecule has 2 rings (SSSR count). The van der Waals surface area contributed by atoms with Gasteiger partial charge in [-0.1, -0.05) is 41.9 Å². The molecule has 1 heterocycles. The number of aromatic nitrogens is 1. The Morgan fingerprint density at radius 2 is 1.47 bits per heavy atom. The number of pyridine rings is 1. The van der Waals surface area contributed by atoms with E-state index in [0.717, 1.165) is 20.3 Å². The van der Waals surface area contributed by atoms with E-state index in [9.17, 15) is 9.59 Å². The molecule has 166 valence electrons. The lowest BCUT2D eigenvalue weighted by Gasteiger charge is -2.28. The molecule has 0 bridgehead atoms. The van der Waals surface area contributed by atoms with Crippen molar-refractivity contribution < 1.29 is 19.1 Å². The Labute approximate surface area is 195 Å². The summed E-state index contributed by atoms with van der Waals surface area (Å²) in [6.07, 6.45) is -0.137. The average Bonchev–Trinajstić information content (AvgIpc) is 2.62. The lowest BCUT2D eigenvalue weighted by molar-refractivity contribution is 0.0429. The molecular weight excluding hydrogens is 516 g/mol. The molecule has 1 aromatic heterocycles. The molecule has 0 aliphatic heterocycles. The van der Waals surface area contributed by atoms with Crippen molar-refractivity contribution in [2.24, 2.45) is 0 Å². The number of benzene rings is 1. The molecule has 0 saturated heterocycles. The number of halogens is 2. The fourth-order valence-electron chi connectivity index (χ4n) is 2.36. The monoisotopic (exact) mass is 544 g/mol. The van der Waals surface area contributed by atoms with Gasteiger partial charge >= 0.3 is 12.2 Å². The quantitative estimate of drug-likeness (QED) is 0.363. The predicted octanol–water partition coefficient (Wildman–Crippen LogP) is 7.60. The van der Waals surface area contributed by atoms with Gasteiger partial charge in [0.15, 0.2) is 5.82 Å². The van der Waals surface area contributed by atoms with Gasteiger partial charge in [0.25, 0.3) is 0 Å². The van der Waals surface area contributed by atoms with Crippen LogP contribution in [-0.4, -0.2) is 28.4 Å².